The third-order valence-corrected chi connectivity index (χ3v) is 4.13. The Bertz CT molecular complexity index is 383. The van der Waals surface area contributed by atoms with Gasteiger partial charge in [0.05, 0.1) is 7.11 Å². The SMILES string of the molecule is COc1ccc(CCN2CCCN(CCCl)CC2)cc1. The summed E-state index contributed by atoms with van der Waals surface area (Å²) in [6.45, 7) is 6.86. The van der Waals surface area contributed by atoms with Crippen molar-refractivity contribution in [3.63, 3.8) is 0 Å². The van der Waals surface area contributed by atoms with Crippen molar-refractivity contribution in [1.82, 2.24) is 9.80 Å². The first-order valence-electron chi connectivity index (χ1n) is 7.45. The van der Waals surface area contributed by atoms with Crippen LogP contribution in [-0.2, 0) is 6.42 Å². The molecule has 1 aromatic carbocycles. The van der Waals surface area contributed by atoms with E-state index in [9.17, 15) is 0 Å². The molecule has 1 aromatic rings. The predicted octanol–water partition coefficient (Wildman–Crippen LogP) is 2.48. The number of ether oxygens (including phenoxy) is 1. The molecular weight excluding hydrogens is 272 g/mol. The lowest BCUT2D eigenvalue weighted by Crippen LogP contribution is -2.32. The minimum Gasteiger partial charge on any atom is -0.497 e. The normalized spacial score (nSPS) is 17.9. The Kier molecular flexibility index (Phi) is 6.64. The van der Waals surface area contributed by atoms with Crippen molar-refractivity contribution in [1.29, 1.82) is 0 Å². The summed E-state index contributed by atoms with van der Waals surface area (Å²) >= 11 is 5.82. The van der Waals surface area contributed by atoms with Crippen LogP contribution in [0.15, 0.2) is 24.3 Å². The molecule has 1 fully saturated rings. The highest BCUT2D eigenvalue weighted by Gasteiger charge is 2.13. The zero-order chi connectivity index (χ0) is 14.2. The number of nitrogens with zero attached hydrogens (tertiary/aromatic N) is 2. The average Bonchev–Trinajstić information content (AvgIpc) is 2.71. The number of alkyl halides is 1. The Labute approximate surface area is 127 Å². The molecule has 1 aliphatic rings. The van der Waals surface area contributed by atoms with Gasteiger partial charge in [-0.3, -0.25) is 0 Å². The highest BCUT2D eigenvalue weighted by atomic mass is 35.5. The van der Waals surface area contributed by atoms with E-state index in [2.05, 4.69) is 21.9 Å². The summed E-state index contributed by atoms with van der Waals surface area (Å²) in [5, 5.41) is 0. The minimum absolute atomic E-state index is 0.742. The van der Waals surface area contributed by atoms with Crippen molar-refractivity contribution in [2.75, 3.05) is 52.3 Å². The van der Waals surface area contributed by atoms with E-state index >= 15 is 0 Å². The molecule has 0 atom stereocenters. The number of halogens is 1. The second-order valence-electron chi connectivity index (χ2n) is 5.32. The highest BCUT2D eigenvalue weighted by Crippen LogP contribution is 2.12. The van der Waals surface area contributed by atoms with Gasteiger partial charge in [0.25, 0.3) is 0 Å². The molecule has 3 nitrogen and oxygen atoms in total. The van der Waals surface area contributed by atoms with Crippen LogP contribution < -0.4 is 4.74 Å². The maximum atomic E-state index is 5.82. The van der Waals surface area contributed by atoms with Crippen molar-refractivity contribution in [2.24, 2.45) is 0 Å². The number of benzene rings is 1. The van der Waals surface area contributed by atoms with Crippen molar-refractivity contribution >= 4 is 11.6 Å². The summed E-state index contributed by atoms with van der Waals surface area (Å²) in [6, 6.07) is 8.41. The average molecular weight is 297 g/mol. The van der Waals surface area contributed by atoms with E-state index in [1.807, 2.05) is 12.1 Å². The van der Waals surface area contributed by atoms with Gasteiger partial charge in [0, 0.05) is 32.1 Å². The zero-order valence-corrected chi connectivity index (χ0v) is 13.1. The van der Waals surface area contributed by atoms with Crippen LogP contribution in [0.3, 0.4) is 0 Å². The van der Waals surface area contributed by atoms with Gasteiger partial charge in [0.1, 0.15) is 5.75 Å². The largest absolute Gasteiger partial charge is 0.497 e. The molecule has 0 radical (unpaired) electrons. The van der Waals surface area contributed by atoms with E-state index in [4.69, 9.17) is 16.3 Å². The molecule has 20 heavy (non-hydrogen) atoms. The van der Waals surface area contributed by atoms with Gasteiger partial charge < -0.3 is 14.5 Å². The Morgan fingerprint density at radius 3 is 2.25 bits per heavy atom. The quantitative estimate of drug-likeness (QED) is 0.750. The fourth-order valence-corrected chi connectivity index (χ4v) is 2.91. The van der Waals surface area contributed by atoms with Crippen molar-refractivity contribution < 1.29 is 4.74 Å². The molecule has 0 spiro atoms. The molecule has 2 rings (SSSR count). The summed E-state index contributed by atoms with van der Waals surface area (Å²) in [7, 11) is 1.71. The van der Waals surface area contributed by atoms with E-state index in [-0.39, 0.29) is 0 Å². The van der Waals surface area contributed by atoms with Gasteiger partial charge in [0.2, 0.25) is 0 Å². The van der Waals surface area contributed by atoms with Crippen LogP contribution in [0.1, 0.15) is 12.0 Å². The smallest absolute Gasteiger partial charge is 0.118 e. The molecular formula is C16H25ClN2O. The third kappa shape index (κ3) is 4.97. The molecule has 1 saturated heterocycles. The van der Waals surface area contributed by atoms with Gasteiger partial charge in [-0.1, -0.05) is 12.1 Å². The first-order chi connectivity index (χ1) is 9.81. The van der Waals surface area contributed by atoms with Crippen LogP contribution in [0.2, 0.25) is 0 Å². The lowest BCUT2D eigenvalue weighted by molar-refractivity contribution is 0.266. The molecule has 0 N–H and O–H groups in total. The summed E-state index contributed by atoms with van der Waals surface area (Å²) in [6.07, 6.45) is 2.36. The summed E-state index contributed by atoms with van der Waals surface area (Å²) in [4.78, 5) is 5.04. The maximum Gasteiger partial charge on any atom is 0.118 e. The fraction of sp³-hybridized carbons (Fsp3) is 0.625. The topological polar surface area (TPSA) is 15.7 Å². The van der Waals surface area contributed by atoms with Crippen molar-refractivity contribution in [2.45, 2.75) is 12.8 Å². The molecule has 0 amide bonds. The maximum absolute atomic E-state index is 5.82. The summed E-state index contributed by atoms with van der Waals surface area (Å²) in [5.74, 6) is 1.67. The lowest BCUT2D eigenvalue weighted by atomic mass is 10.1. The van der Waals surface area contributed by atoms with Gasteiger partial charge >= 0.3 is 0 Å². The first kappa shape index (κ1) is 15.6. The monoisotopic (exact) mass is 296 g/mol. The Morgan fingerprint density at radius 2 is 1.65 bits per heavy atom. The molecule has 0 bridgehead atoms. The molecule has 112 valence electrons. The molecule has 1 heterocycles. The van der Waals surface area contributed by atoms with E-state index < -0.39 is 0 Å². The van der Waals surface area contributed by atoms with Gasteiger partial charge in [-0.05, 0) is 43.6 Å². The molecule has 0 aliphatic carbocycles. The Hall–Kier alpha value is -0.770. The van der Waals surface area contributed by atoms with Crippen molar-refractivity contribution in [3.8, 4) is 5.75 Å². The van der Waals surface area contributed by atoms with E-state index in [1.165, 1.54) is 25.1 Å². The Balaban J connectivity index is 1.75. The summed E-state index contributed by atoms with van der Waals surface area (Å²) in [5.41, 5.74) is 1.38. The Morgan fingerprint density at radius 1 is 1.00 bits per heavy atom. The van der Waals surface area contributed by atoms with Crippen LogP contribution in [0.4, 0.5) is 0 Å². The van der Waals surface area contributed by atoms with Crippen LogP contribution in [-0.4, -0.2) is 62.1 Å². The van der Waals surface area contributed by atoms with E-state index in [1.54, 1.807) is 7.11 Å². The number of methoxy groups -OCH3 is 1. The number of rotatable bonds is 6. The zero-order valence-electron chi connectivity index (χ0n) is 12.4. The van der Waals surface area contributed by atoms with Gasteiger partial charge in [-0.25, -0.2) is 0 Å². The number of hydrogen-bond donors (Lipinski definition) is 0. The van der Waals surface area contributed by atoms with Crippen LogP contribution in [0, 0.1) is 0 Å². The van der Waals surface area contributed by atoms with Crippen LogP contribution in [0.25, 0.3) is 0 Å². The second kappa shape index (κ2) is 8.50. The minimum atomic E-state index is 0.742. The molecule has 0 saturated carbocycles. The second-order valence-corrected chi connectivity index (χ2v) is 5.70. The van der Waals surface area contributed by atoms with Crippen LogP contribution >= 0.6 is 11.6 Å². The van der Waals surface area contributed by atoms with Gasteiger partial charge in [0.15, 0.2) is 0 Å². The molecule has 1 aliphatic heterocycles. The molecule has 0 unspecified atom stereocenters. The van der Waals surface area contributed by atoms with E-state index in [0.29, 0.717) is 0 Å². The highest BCUT2D eigenvalue weighted by molar-refractivity contribution is 6.18. The molecule has 4 heteroatoms. The number of hydrogen-bond acceptors (Lipinski definition) is 3. The third-order valence-electron chi connectivity index (χ3n) is 3.96. The predicted molar refractivity (Wildman–Crippen MR) is 84.9 cm³/mol. The van der Waals surface area contributed by atoms with Crippen molar-refractivity contribution in [3.05, 3.63) is 29.8 Å². The van der Waals surface area contributed by atoms with Gasteiger partial charge in [-0.15, -0.1) is 11.6 Å². The van der Waals surface area contributed by atoms with Crippen LogP contribution in [0.5, 0.6) is 5.75 Å². The lowest BCUT2D eigenvalue weighted by Gasteiger charge is -2.21. The standard InChI is InChI=1S/C16H25ClN2O/c1-20-16-5-3-15(4-6-16)7-11-18-9-2-10-19(12-8-17)14-13-18/h3-6H,2,7-14H2,1H3. The summed E-state index contributed by atoms with van der Waals surface area (Å²) < 4.78 is 5.19. The fourth-order valence-electron chi connectivity index (χ4n) is 2.67. The first-order valence-corrected chi connectivity index (χ1v) is 7.99. The van der Waals surface area contributed by atoms with E-state index in [0.717, 1.165) is 44.2 Å². The molecule has 0 aromatic heterocycles. The van der Waals surface area contributed by atoms with Gasteiger partial charge in [-0.2, -0.15) is 0 Å².